The number of piperidine rings is 1. The lowest BCUT2D eigenvalue weighted by Gasteiger charge is -2.50. The Hall–Kier alpha value is -0.650. The SMILES string of the molecule is O=C1C[C@@H]2[C@H](O)[C@H](O)[C@@H](O)CN12. The number of aliphatic hydroxyl groups is 3. The molecule has 5 heteroatoms. The van der Waals surface area contributed by atoms with Crippen LogP contribution in [0.4, 0.5) is 0 Å². The molecular weight excluding hydrogens is 162 g/mol. The summed E-state index contributed by atoms with van der Waals surface area (Å²) in [6, 6.07) is -0.282. The van der Waals surface area contributed by atoms with Crippen molar-refractivity contribution in [3.63, 3.8) is 0 Å². The molecule has 4 atom stereocenters. The second-order valence-corrected chi connectivity index (χ2v) is 3.37. The van der Waals surface area contributed by atoms with Gasteiger partial charge in [-0.05, 0) is 0 Å². The van der Waals surface area contributed by atoms with Crippen molar-refractivity contribution >= 4 is 5.91 Å². The molecule has 0 aliphatic carbocycles. The predicted octanol–water partition coefficient (Wildman–Crippen LogP) is -2.32. The summed E-state index contributed by atoms with van der Waals surface area (Å²) in [5.74, 6) is -0.0648. The molecule has 0 aromatic rings. The summed E-state index contributed by atoms with van der Waals surface area (Å²) in [7, 11) is 0. The molecule has 12 heavy (non-hydrogen) atoms. The largest absolute Gasteiger partial charge is 0.388 e. The van der Waals surface area contributed by atoms with Crippen LogP contribution in [0.15, 0.2) is 0 Å². The van der Waals surface area contributed by atoms with E-state index >= 15 is 0 Å². The highest BCUT2D eigenvalue weighted by atomic mass is 16.4. The summed E-state index contributed by atoms with van der Waals surface area (Å²) in [6.45, 7) is 0.141. The molecular formula is C7H11NO4. The lowest BCUT2D eigenvalue weighted by atomic mass is 9.85. The molecule has 0 aromatic heterocycles. The lowest BCUT2D eigenvalue weighted by molar-refractivity contribution is -0.185. The summed E-state index contributed by atoms with van der Waals surface area (Å²) in [5.41, 5.74) is 0. The van der Waals surface area contributed by atoms with Crippen molar-refractivity contribution < 1.29 is 20.1 Å². The summed E-state index contributed by atoms with van der Waals surface area (Å²) >= 11 is 0. The third-order valence-corrected chi connectivity index (χ3v) is 2.63. The van der Waals surface area contributed by atoms with Crippen LogP contribution in [-0.4, -0.2) is 57.0 Å². The molecule has 0 bridgehead atoms. The Morgan fingerprint density at radius 3 is 2.50 bits per heavy atom. The molecule has 2 aliphatic rings. The number of hydrogen-bond donors (Lipinski definition) is 3. The van der Waals surface area contributed by atoms with Crippen LogP contribution in [0.1, 0.15) is 6.42 Å². The first-order chi connectivity index (χ1) is 5.61. The van der Waals surface area contributed by atoms with Gasteiger partial charge in [-0.3, -0.25) is 4.79 Å². The van der Waals surface area contributed by atoms with Crippen molar-refractivity contribution in [1.29, 1.82) is 0 Å². The number of aliphatic hydroxyl groups excluding tert-OH is 3. The Balaban J connectivity index is 2.12. The average Bonchev–Trinajstić information content (AvgIpc) is 2.05. The van der Waals surface area contributed by atoms with Gasteiger partial charge < -0.3 is 20.2 Å². The van der Waals surface area contributed by atoms with E-state index in [0.29, 0.717) is 0 Å². The Morgan fingerprint density at radius 1 is 1.25 bits per heavy atom. The molecule has 5 nitrogen and oxygen atoms in total. The van der Waals surface area contributed by atoms with Gasteiger partial charge in [-0.2, -0.15) is 0 Å². The number of carbonyl (C=O) groups excluding carboxylic acids is 1. The maximum atomic E-state index is 10.9. The van der Waals surface area contributed by atoms with E-state index in [1.165, 1.54) is 4.90 Å². The quantitative estimate of drug-likeness (QED) is 0.359. The molecule has 2 rings (SSSR count). The monoisotopic (exact) mass is 173 g/mol. The van der Waals surface area contributed by atoms with Gasteiger partial charge in [0, 0.05) is 13.0 Å². The minimum absolute atomic E-state index is 0.0648. The molecule has 0 radical (unpaired) electrons. The highest BCUT2D eigenvalue weighted by Crippen LogP contribution is 2.29. The van der Waals surface area contributed by atoms with Crippen LogP contribution in [0, 0.1) is 0 Å². The second-order valence-electron chi connectivity index (χ2n) is 3.37. The normalized spacial score (nSPS) is 46.9. The fraction of sp³-hybridized carbons (Fsp3) is 0.857. The lowest BCUT2D eigenvalue weighted by Crippen LogP contribution is -2.69. The molecule has 3 N–H and O–H groups in total. The minimum atomic E-state index is -1.11. The topological polar surface area (TPSA) is 81.0 Å². The van der Waals surface area contributed by atoms with Crippen LogP contribution in [0.25, 0.3) is 0 Å². The van der Waals surface area contributed by atoms with Crippen molar-refractivity contribution in [2.45, 2.75) is 30.8 Å². The Labute approximate surface area is 69.2 Å². The molecule has 0 unspecified atom stereocenters. The molecule has 0 saturated carbocycles. The number of hydrogen-bond acceptors (Lipinski definition) is 4. The molecule has 2 fully saturated rings. The van der Waals surface area contributed by atoms with Gasteiger partial charge in [0.2, 0.25) is 5.91 Å². The van der Waals surface area contributed by atoms with Crippen LogP contribution in [0.2, 0.25) is 0 Å². The fourth-order valence-corrected chi connectivity index (χ4v) is 1.79. The summed E-state index contributed by atoms with van der Waals surface area (Å²) in [4.78, 5) is 12.3. The van der Waals surface area contributed by atoms with Gasteiger partial charge in [-0.15, -0.1) is 0 Å². The van der Waals surface area contributed by atoms with Crippen LogP contribution in [0.3, 0.4) is 0 Å². The van der Waals surface area contributed by atoms with Crippen LogP contribution in [0.5, 0.6) is 0 Å². The van der Waals surface area contributed by atoms with E-state index < -0.39 is 18.3 Å². The van der Waals surface area contributed by atoms with E-state index in [1.54, 1.807) is 0 Å². The highest BCUT2D eigenvalue weighted by Gasteiger charge is 2.49. The van der Waals surface area contributed by atoms with E-state index in [0.717, 1.165) is 0 Å². The fourth-order valence-electron chi connectivity index (χ4n) is 1.79. The van der Waals surface area contributed by atoms with E-state index in [4.69, 9.17) is 0 Å². The number of β-lactam (4-membered cyclic amide) rings is 1. The Morgan fingerprint density at radius 2 is 1.92 bits per heavy atom. The highest BCUT2D eigenvalue weighted by molar-refractivity contribution is 5.83. The van der Waals surface area contributed by atoms with E-state index in [-0.39, 0.29) is 24.9 Å². The molecule has 2 heterocycles. The van der Waals surface area contributed by atoms with Gasteiger partial charge in [0.15, 0.2) is 0 Å². The van der Waals surface area contributed by atoms with Crippen molar-refractivity contribution in [2.24, 2.45) is 0 Å². The van der Waals surface area contributed by atoms with Crippen molar-refractivity contribution in [1.82, 2.24) is 4.90 Å². The van der Waals surface area contributed by atoms with Gasteiger partial charge in [0.05, 0.1) is 6.04 Å². The van der Waals surface area contributed by atoms with E-state index in [9.17, 15) is 20.1 Å². The van der Waals surface area contributed by atoms with Gasteiger partial charge in [-0.1, -0.05) is 0 Å². The van der Waals surface area contributed by atoms with Gasteiger partial charge in [-0.25, -0.2) is 0 Å². The van der Waals surface area contributed by atoms with Crippen molar-refractivity contribution in [3.05, 3.63) is 0 Å². The minimum Gasteiger partial charge on any atom is -0.388 e. The molecule has 0 spiro atoms. The summed E-state index contributed by atoms with van der Waals surface area (Å²) in [5, 5.41) is 27.8. The maximum absolute atomic E-state index is 10.9. The third kappa shape index (κ3) is 0.872. The summed E-state index contributed by atoms with van der Waals surface area (Å²) in [6.07, 6.45) is -2.84. The molecule has 68 valence electrons. The predicted molar refractivity (Wildman–Crippen MR) is 38.1 cm³/mol. The average molecular weight is 173 g/mol. The summed E-state index contributed by atoms with van der Waals surface area (Å²) < 4.78 is 0. The smallest absolute Gasteiger partial charge is 0.225 e. The van der Waals surface area contributed by atoms with Gasteiger partial charge in [0.25, 0.3) is 0 Å². The number of fused-ring (bicyclic) bond motifs is 1. The zero-order valence-electron chi connectivity index (χ0n) is 6.42. The zero-order valence-corrected chi connectivity index (χ0v) is 6.42. The first-order valence-electron chi connectivity index (χ1n) is 3.95. The van der Waals surface area contributed by atoms with Crippen molar-refractivity contribution in [2.75, 3.05) is 6.54 Å². The Kier molecular flexibility index (Phi) is 1.61. The molecule has 2 saturated heterocycles. The zero-order chi connectivity index (χ0) is 8.88. The molecule has 0 aromatic carbocycles. The number of rotatable bonds is 0. The number of nitrogens with zero attached hydrogens (tertiary/aromatic N) is 1. The first kappa shape index (κ1) is 7.97. The molecule has 2 aliphatic heterocycles. The van der Waals surface area contributed by atoms with Crippen LogP contribution >= 0.6 is 0 Å². The van der Waals surface area contributed by atoms with Crippen LogP contribution in [-0.2, 0) is 4.79 Å². The van der Waals surface area contributed by atoms with Gasteiger partial charge >= 0.3 is 0 Å². The van der Waals surface area contributed by atoms with Crippen molar-refractivity contribution in [3.8, 4) is 0 Å². The molecule has 1 amide bonds. The first-order valence-corrected chi connectivity index (χ1v) is 3.95. The second kappa shape index (κ2) is 2.42. The maximum Gasteiger partial charge on any atom is 0.225 e. The van der Waals surface area contributed by atoms with Crippen LogP contribution < -0.4 is 0 Å². The standard InChI is InChI=1S/C7H11NO4/c9-4-2-8-3(1-5(8)10)6(11)7(4)12/h3-4,6-7,9,11-12H,1-2H2/t3-,4+,6+,7-/m1/s1. The van der Waals surface area contributed by atoms with Gasteiger partial charge in [0.1, 0.15) is 18.3 Å². The van der Waals surface area contributed by atoms with E-state index in [2.05, 4.69) is 0 Å². The number of carbonyl (C=O) groups is 1. The Bertz CT molecular complexity index is 219. The third-order valence-electron chi connectivity index (χ3n) is 2.63. The number of amides is 1. The van der Waals surface area contributed by atoms with E-state index in [1.807, 2.05) is 0 Å².